The topological polar surface area (TPSA) is 33.0 Å². The van der Waals surface area contributed by atoms with Gasteiger partial charge in [-0.25, -0.2) is 0 Å². The number of nitrogens with zero attached hydrogens (tertiary/aromatic N) is 1. The van der Waals surface area contributed by atoms with Gasteiger partial charge in [0.25, 0.3) is 0 Å². The minimum absolute atomic E-state index is 0.740. The molecule has 10 heavy (non-hydrogen) atoms. The van der Waals surface area contributed by atoms with Gasteiger partial charge in [-0.2, -0.15) is 5.26 Å². The lowest BCUT2D eigenvalue weighted by Crippen LogP contribution is -2.20. The van der Waals surface area contributed by atoms with Crippen LogP contribution in [0.15, 0.2) is 12.2 Å². The molecule has 0 rings (SSSR count). The molecule has 0 heterocycles. The van der Waals surface area contributed by atoms with E-state index in [0.29, 0.717) is 0 Å². The van der Waals surface area contributed by atoms with Crippen molar-refractivity contribution >= 4 is 0 Å². The van der Waals surface area contributed by atoms with E-state index in [1.54, 1.807) is 13.0 Å². The third-order valence-corrected chi connectivity index (χ3v) is 1.32. The average molecular weight is 139 g/mol. The maximum Gasteiger partial charge on any atom is 0.169 e. The molecular weight excluding hydrogens is 126 g/mol. The summed E-state index contributed by atoms with van der Waals surface area (Å²) in [4.78, 5) is 0. The zero-order chi connectivity index (χ0) is 8.04. The van der Waals surface area contributed by atoms with Gasteiger partial charge in [-0.1, -0.05) is 13.0 Å². The quantitative estimate of drug-likeness (QED) is 0.559. The maximum absolute atomic E-state index is 8.59. The lowest BCUT2D eigenvalue weighted by molar-refractivity contribution is 0.0969. The molecule has 0 radical (unpaired) electrons. The van der Waals surface area contributed by atoms with Gasteiger partial charge in [-0.15, -0.1) is 0 Å². The Kier molecular flexibility index (Phi) is 3.75. The number of rotatable bonds is 3. The second kappa shape index (κ2) is 4.08. The van der Waals surface area contributed by atoms with Gasteiger partial charge in [0, 0.05) is 7.11 Å². The third kappa shape index (κ3) is 2.65. The molecule has 0 aromatic rings. The molecule has 2 heteroatoms. The Labute approximate surface area is 62.1 Å². The minimum atomic E-state index is -0.740. The Morgan fingerprint density at radius 1 is 1.70 bits per heavy atom. The lowest BCUT2D eigenvalue weighted by Gasteiger charge is -2.13. The number of hydrogen-bond acceptors (Lipinski definition) is 2. The number of nitriles is 1. The summed E-state index contributed by atoms with van der Waals surface area (Å²) in [5.74, 6) is 0. The van der Waals surface area contributed by atoms with Crippen molar-refractivity contribution in [3.8, 4) is 6.07 Å². The number of hydrogen-bond donors (Lipinski definition) is 0. The maximum atomic E-state index is 8.59. The summed E-state index contributed by atoms with van der Waals surface area (Å²) >= 11 is 0. The first-order valence-corrected chi connectivity index (χ1v) is 3.32. The van der Waals surface area contributed by atoms with Crippen LogP contribution in [0.25, 0.3) is 0 Å². The molecule has 56 valence electrons. The van der Waals surface area contributed by atoms with Crippen LogP contribution in [0.3, 0.4) is 0 Å². The van der Waals surface area contributed by atoms with Crippen molar-refractivity contribution in [2.75, 3.05) is 7.11 Å². The highest BCUT2D eigenvalue weighted by molar-refractivity contribution is 5.12. The van der Waals surface area contributed by atoms with Crippen molar-refractivity contribution in [1.29, 1.82) is 5.26 Å². The smallest absolute Gasteiger partial charge is 0.169 e. The Morgan fingerprint density at radius 3 is 2.60 bits per heavy atom. The highest BCUT2D eigenvalue weighted by Crippen LogP contribution is 2.08. The van der Waals surface area contributed by atoms with Gasteiger partial charge in [-0.3, -0.25) is 0 Å². The molecule has 0 aromatic heterocycles. The van der Waals surface area contributed by atoms with Crippen molar-refractivity contribution < 1.29 is 4.74 Å². The molecule has 0 amide bonds. The predicted molar refractivity (Wildman–Crippen MR) is 40.5 cm³/mol. The molecule has 0 bridgehead atoms. The van der Waals surface area contributed by atoms with Crippen molar-refractivity contribution in [1.82, 2.24) is 0 Å². The van der Waals surface area contributed by atoms with Crippen LogP contribution in [0.1, 0.15) is 20.3 Å². The molecule has 0 aliphatic carbocycles. The summed E-state index contributed by atoms with van der Waals surface area (Å²) in [6.07, 6.45) is 4.63. The monoisotopic (exact) mass is 139 g/mol. The van der Waals surface area contributed by atoms with Crippen LogP contribution in [0.2, 0.25) is 0 Å². The summed E-state index contributed by atoms with van der Waals surface area (Å²) in [5.41, 5.74) is -0.740. The molecule has 0 spiro atoms. The summed E-state index contributed by atoms with van der Waals surface area (Å²) in [5, 5.41) is 8.59. The molecule has 0 N–H and O–H groups in total. The Bertz CT molecular complexity index is 157. The summed E-state index contributed by atoms with van der Waals surface area (Å²) in [6, 6.07) is 2.05. The first-order valence-electron chi connectivity index (χ1n) is 3.32. The molecule has 0 aliphatic heterocycles. The SMILES string of the molecule is CC/C=C\[C@](C)(C#N)OC. The van der Waals surface area contributed by atoms with E-state index in [0.717, 1.165) is 6.42 Å². The van der Waals surface area contributed by atoms with E-state index in [4.69, 9.17) is 10.00 Å². The molecule has 0 saturated carbocycles. The fourth-order valence-corrected chi connectivity index (χ4v) is 0.494. The first kappa shape index (κ1) is 9.19. The molecule has 0 unspecified atom stereocenters. The number of ether oxygens (including phenoxy) is 1. The molecule has 2 nitrogen and oxygen atoms in total. The van der Waals surface area contributed by atoms with Gasteiger partial charge < -0.3 is 4.74 Å². The first-order chi connectivity index (χ1) is 4.68. The van der Waals surface area contributed by atoms with Crippen LogP contribution in [-0.4, -0.2) is 12.7 Å². The average Bonchev–Trinajstić information content (AvgIpc) is 2.00. The number of methoxy groups -OCH3 is 1. The molecular formula is C8H13NO. The van der Waals surface area contributed by atoms with E-state index >= 15 is 0 Å². The zero-order valence-electron chi connectivity index (χ0n) is 6.72. The normalized spacial score (nSPS) is 16.6. The van der Waals surface area contributed by atoms with E-state index in [-0.39, 0.29) is 0 Å². The van der Waals surface area contributed by atoms with Crippen LogP contribution in [0, 0.1) is 11.3 Å². The van der Waals surface area contributed by atoms with E-state index in [1.807, 2.05) is 13.0 Å². The summed E-state index contributed by atoms with van der Waals surface area (Å²) in [7, 11) is 1.53. The fourth-order valence-electron chi connectivity index (χ4n) is 0.494. The van der Waals surface area contributed by atoms with Gasteiger partial charge in [0.2, 0.25) is 0 Å². The van der Waals surface area contributed by atoms with Gasteiger partial charge in [-0.05, 0) is 19.4 Å². The van der Waals surface area contributed by atoms with Crippen molar-refractivity contribution in [2.45, 2.75) is 25.9 Å². The minimum Gasteiger partial charge on any atom is -0.360 e. The lowest BCUT2D eigenvalue weighted by atomic mass is 10.1. The van der Waals surface area contributed by atoms with Crippen molar-refractivity contribution in [3.05, 3.63) is 12.2 Å². The van der Waals surface area contributed by atoms with Crippen LogP contribution in [0.5, 0.6) is 0 Å². The fraction of sp³-hybridized carbons (Fsp3) is 0.625. The van der Waals surface area contributed by atoms with E-state index in [1.165, 1.54) is 7.11 Å². The highest BCUT2D eigenvalue weighted by atomic mass is 16.5. The van der Waals surface area contributed by atoms with Gasteiger partial charge in [0.15, 0.2) is 5.60 Å². The van der Waals surface area contributed by atoms with Crippen LogP contribution < -0.4 is 0 Å². The van der Waals surface area contributed by atoms with Crippen molar-refractivity contribution in [3.63, 3.8) is 0 Å². The second-order valence-corrected chi connectivity index (χ2v) is 2.23. The van der Waals surface area contributed by atoms with E-state index < -0.39 is 5.60 Å². The van der Waals surface area contributed by atoms with Crippen LogP contribution >= 0.6 is 0 Å². The predicted octanol–water partition coefficient (Wildman–Crippen LogP) is 1.88. The third-order valence-electron chi connectivity index (χ3n) is 1.32. The Hall–Kier alpha value is -0.810. The zero-order valence-corrected chi connectivity index (χ0v) is 6.72. The van der Waals surface area contributed by atoms with E-state index in [2.05, 4.69) is 6.07 Å². The van der Waals surface area contributed by atoms with Gasteiger partial charge in [0.1, 0.15) is 6.07 Å². The van der Waals surface area contributed by atoms with Crippen molar-refractivity contribution in [2.24, 2.45) is 0 Å². The Morgan fingerprint density at radius 2 is 2.30 bits per heavy atom. The van der Waals surface area contributed by atoms with E-state index in [9.17, 15) is 0 Å². The second-order valence-electron chi connectivity index (χ2n) is 2.23. The number of allylic oxidation sites excluding steroid dienone is 1. The Balaban J connectivity index is 4.09. The van der Waals surface area contributed by atoms with Crippen LogP contribution in [0.4, 0.5) is 0 Å². The highest BCUT2D eigenvalue weighted by Gasteiger charge is 2.16. The van der Waals surface area contributed by atoms with Gasteiger partial charge in [0.05, 0.1) is 0 Å². The summed E-state index contributed by atoms with van der Waals surface area (Å²) < 4.78 is 4.94. The molecule has 0 fully saturated rings. The summed E-state index contributed by atoms with van der Waals surface area (Å²) in [6.45, 7) is 3.75. The standard InChI is InChI=1S/C8H13NO/c1-4-5-6-8(2,7-9)10-3/h5-6H,4H2,1-3H3/b6-5-/t8-/m1/s1. The molecule has 0 aliphatic rings. The largest absolute Gasteiger partial charge is 0.360 e. The van der Waals surface area contributed by atoms with Crippen LogP contribution in [-0.2, 0) is 4.74 Å². The molecule has 0 aromatic carbocycles. The van der Waals surface area contributed by atoms with Gasteiger partial charge >= 0.3 is 0 Å². The molecule has 0 saturated heterocycles. The molecule has 1 atom stereocenters.